The van der Waals surface area contributed by atoms with Gasteiger partial charge in [0.2, 0.25) is 0 Å². The number of nitrogens with zero attached hydrogens (tertiary/aromatic N) is 1. The summed E-state index contributed by atoms with van der Waals surface area (Å²) in [7, 11) is 0. The van der Waals surface area contributed by atoms with E-state index in [2.05, 4.69) is 17.1 Å². The molecule has 1 saturated heterocycles. The first kappa shape index (κ1) is 16.6. The molecular formula is C16H30N2O3. The summed E-state index contributed by atoms with van der Waals surface area (Å²) in [6.07, 6.45) is 5.45. The van der Waals surface area contributed by atoms with Crippen LogP contribution in [-0.2, 0) is 4.74 Å². The van der Waals surface area contributed by atoms with Gasteiger partial charge in [-0.05, 0) is 51.4 Å². The third-order valence-electron chi connectivity index (χ3n) is 5.11. The molecule has 2 rings (SSSR count). The van der Waals surface area contributed by atoms with Crippen LogP contribution in [0.5, 0.6) is 0 Å². The van der Waals surface area contributed by atoms with Gasteiger partial charge in [-0.15, -0.1) is 0 Å². The van der Waals surface area contributed by atoms with Gasteiger partial charge in [0, 0.05) is 31.8 Å². The zero-order valence-electron chi connectivity index (χ0n) is 13.4. The quantitative estimate of drug-likeness (QED) is 0.787. The highest BCUT2D eigenvalue weighted by atomic mass is 16.5. The molecule has 2 N–H and O–H groups in total. The first-order chi connectivity index (χ1) is 10.1. The standard InChI is InChI=1S/C16H30N2O3/c1-3-21-16(20)17-15-9-13(7-8-19)10-18(11-15)12(2)14-5-4-6-14/h12-15,19H,3-11H2,1-2H3,(H,17,20). The number of amides is 1. The SMILES string of the molecule is CCOC(=O)NC1CC(CCO)CN(C(C)C2CCC2)C1. The third kappa shape index (κ3) is 4.58. The van der Waals surface area contributed by atoms with Crippen molar-refractivity contribution in [1.82, 2.24) is 10.2 Å². The number of nitrogens with one attached hydrogen (secondary N) is 1. The molecular weight excluding hydrogens is 268 g/mol. The van der Waals surface area contributed by atoms with Crippen LogP contribution in [0.25, 0.3) is 0 Å². The van der Waals surface area contributed by atoms with E-state index in [9.17, 15) is 9.90 Å². The molecule has 1 aliphatic heterocycles. The molecule has 122 valence electrons. The van der Waals surface area contributed by atoms with Gasteiger partial charge in [-0.2, -0.15) is 0 Å². The third-order valence-corrected chi connectivity index (χ3v) is 5.11. The van der Waals surface area contributed by atoms with Crippen molar-refractivity contribution in [3.63, 3.8) is 0 Å². The summed E-state index contributed by atoms with van der Waals surface area (Å²) in [5.74, 6) is 1.26. The lowest BCUT2D eigenvalue weighted by Crippen LogP contribution is -2.55. The number of carbonyl (C=O) groups excluding carboxylic acids is 1. The van der Waals surface area contributed by atoms with Gasteiger partial charge in [-0.1, -0.05) is 6.42 Å². The molecule has 3 unspecified atom stereocenters. The topological polar surface area (TPSA) is 61.8 Å². The number of hydrogen-bond acceptors (Lipinski definition) is 4. The molecule has 21 heavy (non-hydrogen) atoms. The van der Waals surface area contributed by atoms with Crippen LogP contribution in [-0.4, -0.2) is 54.5 Å². The molecule has 0 bridgehead atoms. The smallest absolute Gasteiger partial charge is 0.407 e. The Morgan fingerprint density at radius 2 is 2.19 bits per heavy atom. The number of likely N-dealkylation sites (tertiary alicyclic amines) is 1. The Morgan fingerprint density at radius 3 is 2.76 bits per heavy atom. The second-order valence-corrected chi connectivity index (χ2v) is 6.56. The number of carbonyl (C=O) groups is 1. The fourth-order valence-electron chi connectivity index (χ4n) is 3.63. The fourth-order valence-corrected chi connectivity index (χ4v) is 3.63. The molecule has 0 aromatic carbocycles. The zero-order chi connectivity index (χ0) is 15.2. The Hall–Kier alpha value is -0.810. The fraction of sp³-hybridized carbons (Fsp3) is 0.938. The Balaban J connectivity index is 1.92. The van der Waals surface area contributed by atoms with Gasteiger partial charge in [0.1, 0.15) is 0 Å². The van der Waals surface area contributed by atoms with Crippen molar-refractivity contribution in [1.29, 1.82) is 0 Å². The summed E-state index contributed by atoms with van der Waals surface area (Å²) in [5, 5.41) is 12.2. The van der Waals surface area contributed by atoms with Crippen molar-refractivity contribution < 1.29 is 14.6 Å². The van der Waals surface area contributed by atoms with Crippen molar-refractivity contribution >= 4 is 6.09 Å². The van der Waals surface area contributed by atoms with Crippen molar-refractivity contribution in [2.45, 2.75) is 58.0 Å². The highest BCUT2D eigenvalue weighted by Crippen LogP contribution is 2.34. The van der Waals surface area contributed by atoms with Crippen LogP contribution in [0, 0.1) is 11.8 Å². The normalized spacial score (nSPS) is 28.7. The van der Waals surface area contributed by atoms with Crippen molar-refractivity contribution in [3.05, 3.63) is 0 Å². The summed E-state index contributed by atoms with van der Waals surface area (Å²) in [5.41, 5.74) is 0. The molecule has 1 amide bonds. The van der Waals surface area contributed by atoms with Gasteiger partial charge in [0.25, 0.3) is 0 Å². The highest BCUT2D eigenvalue weighted by molar-refractivity contribution is 5.67. The summed E-state index contributed by atoms with van der Waals surface area (Å²) < 4.78 is 5.00. The van der Waals surface area contributed by atoms with Crippen LogP contribution >= 0.6 is 0 Å². The Kier molecular flexibility index (Phi) is 6.30. The molecule has 1 heterocycles. The molecule has 0 aromatic rings. The van der Waals surface area contributed by atoms with E-state index in [1.54, 1.807) is 0 Å². The van der Waals surface area contributed by atoms with Crippen LogP contribution in [0.4, 0.5) is 4.79 Å². The predicted molar refractivity (Wildman–Crippen MR) is 82.1 cm³/mol. The van der Waals surface area contributed by atoms with Gasteiger partial charge in [-0.25, -0.2) is 4.79 Å². The molecule has 0 radical (unpaired) electrons. The minimum Gasteiger partial charge on any atom is -0.450 e. The lowest BCUT2D eigenvalue weighted by atomic mass is 9.78. The number of aliphatic hydroxyl groups is 1. The maximum Gasteiger partial charge on any atom is 0.407 e. The maximum absolute atomic E-state index is 11.7. The van der Waals surface area contributed by atoms with Crippen molar-refractivity contribution in [3.8, 4) is 0 Å². The maximum atomic E-state index is 11.7. The Morgan fingerprint density at radius 1 is 1.43 bits per heavy atom. The van der Waals surface area contributed by atoms with Gasteiger partial charge in [0.15, 0.2) is 0 Å². The molecule has 1 saturated carbocycles. The first-order valence-electron chi connectivity index (χ1n) is 8.42. The highest BCUT2D eigenvalue weighted by Gasteiger charge is 2.35. The Bertz CT molecular complexity index is 333. The average molecular weight is 298 g/mol. The summed E-state index contributed by atoms with van der Waals surface area (Å²) in [6.45, 7) is 6.70. The summed E-state index contributed by atoms with van der Waals surface area (Å²) in [6, 6.07) is 0.712. The number of aliphatic hydroxyl groups excluding tert-OH is 1. The first-order valence-corrected chi connectivity index (χ1v) is 8.42. The largest absolute Gasteiger partial charge is 0.450 e. The van der Waals surface area contributed by atoms with E-state index in [-0.39, 0.29) is 18.7 Å². The lowest BCUT2D eigenvalue weighted by molar-refractivity contribution is 0.0435. The van der Waals surface area contributed by atoms with Gasteiger partial charge < -0.3 is 15.2 Å². The summed E-state index contributed by atoms with van der Waals surface area (Å²) >= 11 is 0. The van der Waals surface area contributed by atoms with Gasteiger partial charge >= 0.3 is 6.09 Å². The van der Waals surface area contributed by atoms with E-state index in [0.29, 0.717) is 18.6 Å². The van der Waals surface area contributed by atoms with Crippen LogP contribution in [0.3, 0.4) is 0 Å². The van der Waals surface area contributed by atoms with Crippen molar-refractivity contribution in [2.24, 2.45) is 11.8 Å². The van der Waals surface area contributed by atoms with Gasteiger partial charge in [0.05, 0.1) is 6.61 Å². The number of piperidine rings is 1. The molecule has 3 atom stereocenters. The van der Waals surface area contributed by atoms with E-state index in [1.807, 2.05) is 6.92 Å². The minimum absolute atomic E-state index is 0.136. The second-order valence-electron chi connectivity index (χ2n) is 6.56. The second kappa shape index (κ2) is 7.99. The predicted octanol–water partition coefficient (Wildman–Crippen LogP) is 1.99. The van der Waals surface area contributed by atoms with E-state index < -0.39 is 0 Å². The van der Waals surface area contributed by atoms with E-state index in [1.165, 1.54) is 19.3 Å². The van der Waals surface area contributed by atoms with Crippen LogP contribution in [0.15, 0.2) is 0 Å². The van der Waals surface area contributed by atoms with Crippen LogP contribution in [0.2, 0.25) is 0 Å². The Labute approximate surface area is 128 Å². The molecule has 0 aromatic heterocycles. The molecule has 5 nitrogen and oxygen atoms in total. The number of ether oxygens (including phenoxy) is 1. The number of alkyl carbamates (subject to hydrolysis) is 1. The average Bonchev–Trinajstić information content (AvgIpc) is 2.37. The molecule has 0 spiro atoms. The van der Waals surface area contributed by atoms with E-state index in [0.717, 1.165) is 31.8 Å². The molecule has 2 fully saturated rings. The summed E-state index contributed by atoms with van der Waals surface area (Å²) in [4.78, 5) is 14.2. The molecule has 1 aliphatic carbocycles. The zero-order valence-corrected chi connectivity index (χ0v) is 13.4. The lowest BCUT2D eigenvalue weighted by Gasteiger charge is -2.45. The molecule has 5 heteroatoms. The van der Waals surface area contributed by atoms with Crippen LogP contribution < -0.4 is 5.32 Å². The minimum atomic E-state index is -0.316. The number of rotatable bonds is 6. The molecule has 2 aliphatic rings. The van der Waals surface area contributed by atoms with Gasteiger partial charge in [-0.3, -0.25) is 4.90 Å². The number of hydrogen-bond donors (Lipinski definition) is 2. The van der Waals surface area contributed by atoms with Crippen LogP contribution in [0.1, 0.15) is 46.0 Å². The van der Waals surface area contributed by atoms with E-state index in [4.69, 9.17) is 4.74 Å². The monoisotopic (exact) mass is 298 g/mol. The van der Waals surface area contributed by atoms with E-state index >= 15 is 0 Å². The van der Waals surface area contributed by atoms with Crippen molar-refractivity contribution in [2.75, 3.05) is 26.3 Å².